The van der Waals surface area contributed by atoms with E-state index in [1.54, 1.807) is 12.3 Å². The zero-order valence-corrected chi connectivity index (χ0v) is 9.53. The van der Waals surface area contributed by atoms with Gasteiger partial charge in [-0.15, -0.1) is 11.3 Å². The summed E-state index contributed by atoms with van der Waals surface area (Å²) in [5.41, 5.74) is 0. The Kier molecular flexibility index (Phi) is 4.55. The van der Waals surface area contributed by atoms with Gasteiger partial charge in [0.1, 0.15) is 0 Å². The van der Waals surface area contributed by atoms with Crippen molar-refractivity contribution in [3.05, 3.63) is 35.2 Å². The minimum absolute atomic E-state index is 0.557. The van der Waals surface area contributed by atoms with Crippen LogP contribution < -0.4 is 4.72 Å². The highest BCUT2D eigenvalue weighted by Gasteiger charge is 2.02. The van der Waals surface area contributed by atoms with Crippen molar-refractivity contribution in [2.24, 2.45) is 0 Å². The maximum absolute atomic E-state index is 11.5. The molecule has 1 aromatic heterocycles. The summed E-state index contributed by atoms with van der Waals surface area (Å²) >= 11 is 1.41. The Labute approximate surface area is 90.2 Å². The first-order chi connectivity index (χ1) is 6.74. The summed E-state index contributed by atoms with van der Waals surface area (Å²) in [5, 5.41) is 2.47. The minimum atomic E-state index is -1.28. The van der Waals surface area contributed by atoms with Crippen LogP contribution in [0.5, 0.6) is 0 Å². The lowest BCUT2D eigenvalue weighted by molar-refractivity contribution is 0.690. The first-order valence-corrected chi connectivity index (χ1v) is 6.20. The number of rotatable bonds is 5. The molecule has 0 radical (unpaired) electrons. The number of aromatic nitrogens is 1. The first kappa shape index (κ1) is 11.1. The topological polar surface area (TPSA) is 42.0 Å². The molecule has 3 nitrogen and oxygen atoms in total. The third-order valence-corrected chi connectivity index (χ3v) is 3.20. The van der Waals surface area contributed by atoms with E-state index >= 15 is 0 Å². The van der Waals surface area contributed by atoms with Gasteiger partial charge in [0.2, 0.25) is 0 Å². The van der Waals surface area contributed by atoms with Crippen LogP contribution in [0.25, 0.3) is 0 Å². The second-order valence-corrected chi connectivity index (χ2v) is 4.65. The van der Waals surface area contributed by atoms with Gasteiger partial charge in [-0.3, -0.25) is 4.72 Å². The molecule has 14 heavy (non-hydrogen) atoms. The molecular weight excluding hydrogens is 216 g/mol. The minimum Gasteiger partial charge on any atom is -0.277 e. The second-order valence-electron chi connectivity index (χ2n) is 2.48. The van der Waals surface area contributed by atoms with Crippen LogP contribution in [-0.2, 0) is 11.0 Å². The third kappa shape index (κ3) is 3.43. The number of anilines is 1. The number of hydrogen-bond donors (Lipinski definition) is 1. The highest BCUT2D eigenvalue weighted by molar-refractivity contribution is 7.90. The van der Waals surface area contributed by atoms with Crippen molar-refractivity contribution in [1.29, 1.82) is 0 Å². The molecule has 0 aliphatic rings. The molecule has 1 N–H and O–H groups in total. The van der Waals surface area contributed by atoms with Crippen LogP contribution in [0.3, 0.4) is 0 Å². The lowest BCUT2D eigenvalue weighted by atomic mass is 10.4. The normalized spacial score (nSPS) is 12.9. The van der Waals surface area contributed by atoms with Crippen LogP contribution in [0.15, 0.2) is 35.2 Å². The molecule has 0 saturated heterocycles. The van der Waals surface area contributed by atoms with Crippen LogP contribution in [0.2, 0.25) is 0 Å². The molecule has 1 rings (SSSR count). The van der Waals surface area contributed by atoms with Crippen molar-refractivity contribution < 1.29 is 4.21 Å². The van der Waals surface area contributed by atoms with E-state index in [1.165, 1.54) is 11.3 Å². The lowest BCUT2D eigenvalue weighted by Crippen LogP contribution is -2.04. The summed E-state index contributed by atoms with van der Waals surface area (Å²) in [6, 6.07) is 0. The van der Waals surface area contributed by atoms with E-state index in [0.29, 0.717) is 10.0 Å². The smallest absolute Gasteiger partial charge is 0.194 e. The number of hydrogen-bond acceptors (Lipinski definition) is 3. The molecule has 0 amide bonds. The van der Waals surface area contributed by atoms with Crippen LogP contribution in [0.4, 0.5) is 5.13 Å². The quantitative estimate of drug-likeness (QED) is 0.787. The summed E-state index contributed by atoms with van der Waals surface area (Å²) < 4.78 is 14.3. The summed E-state index contributed by atoms with van der Waals surface area (Å²) in [6.07, 6.45) is 6.25. The summed E-state index contributed by atoms with van der Waals surface area (Å²) in [5.74, 6) is 0. The monoisotopic (exact) mass is 228 g/mol. The fraction of sp³-hybridized carbons (Fsp3) is 0.222. The molecular formula is C9H12N2OS2. The zero-order valence-electron chi connectivity index (χ0n) is 7.90. The standard InChI is InChI=1S/C9H12N2OS2/c1-3-4-5-8(2)14(12)11-9-10-6-7-13-9/h4-7H,2-3H2,1H3,(H,10,11)/b5-4-. The molecule has 0 spiro atoms. The summed E-state index contributed by atoms with van der Waals surface area (Å²) in [6.45, 7) is 5.71. The molecule has 1 aromatic rings. The van der Waals surface area contributed by atoms with Crippen molar-refractivity contribution in [1.82, 2.24) is 4.98 Å². The van der Waals surface area contributed by atoms with Gasteiger partial charge in [-0.2, -0.15) is 0 Å². The Morgan fingerprint density at radius 3 is 3.21 bits per heavy atom. The Balaban J connectivity index is 2.50. The van der Waals surface area contributed by atoms with Crippen LogP contribution in [-0.4, -0.2) is 9.19 Å². The number of thiazole rings is 1. The van der Waals surface area contributed by atoms with Gasteiger partial charge in [0, 0.05) is 11.6 Å². The Bertz CT molecular complexity index is 344. The first-order valence-electron chi connectivity index (χ1n) is 4.17. The SMILES string of the molecule is C=C(/C=C\CC)S(=O)Nc1nccs1. The van der Waals surface area contributed by atoms with Gasteiger partial charge in [-0.05, 0) is 12.5 Å². The molecule has 0 fully saturated rings. The summed E-state index contributed by atoms with van der Waals surface area (Å²) in [7, 11) is -1.28. The van der Waals surface area contributed by atoms with Crippen molar-refractivity contribution in [2.45, 2.75) is 13.3 Å². The molecule has 76 valence electrons. The molecule has 5 heteroatoms. The van der Waals surface area contributed by atoms with Gasteiger partial charge in [0.05, 0.1) is 4.91 Å². The van der Waals surface area contributed by atoms with Gasteiger partial charge in [0.25, 0.3) is 0 Å². The largest absolute Gasteiger partial charge is 0.277 e. The molecule has 0 aliphatic carbocycles. The number of nitrogens with one attached hydrogen (secondary N) is 1. The lowest BCUT2D eigenvalue weighted by Gasteiger charge is -2.00. The molecule has 1 heterocycles. The predicted octanol–water partition coefficient (Wildman–Crippen LogP) is 2.70. The number of allylic oxidation sites excluding steroid dienone is 2. The molecule has 0 bridgehead atoms. The van der Waals surface area contributed by atoms with E-state index in [4.69, 9.17) is 0 Å². The van der Waals surface area contributed by atoms with Gasteiger partial charge >= 0.3 is 0 Å². The zero-order chi connectivity index (χ0) is 10.4. The average Bonchev–Trinajstić information content (AvgIpc) is 2.66. The molecule has 0 saturated carbocycles. The van der Waals surface area contributed by atoms with Crippen molar-refractivity contribution in [3.8, 4) is 0 Å². The Morgan fingerprint density at radius 2 is 2.64 bits per heavy atom. The molecule has 1 atom stereocenters. The summed E-state index contributed by atoms with van der Waals surface area (Å²) in [4.78, 5) is 4.53. The van der Waals surface area contributed by atoms with Crippen molar-refractivity contribution in [3.63, 3.8) is 0 Å². The van der Waals surface area contributed by atoms with E-state index in [-0.39, 0.29) is 0 Å². The van der Waals surface area contributed by atoms with E-state index < -0.39 is 11.0 Å². The highest BCUT2D eigenvalue weighted by Crippen LogP contribution is 2.13. The van der Waals surface area contributed by atoms with Crippen molar-refractivity contribution in [2.75, 3.05) is 4.72 Å². The van der Waals surface area contributed by atoms with E-state index in [1.807, 2.05) is 18.4 Å². The van der Waals surface area contributed by atoms with E-state index in [2.05, 4.69) is 16.3 Å². The van der Waals surface area contributed by atoms with Crippen LogP contribution >= 0.6 is 11.3 Å². The average molecular weight is 228 g/mol. The molecule has 0 aliphatic heterocycles. The third-order valence-electron chi connectivity index (χ3n) is 1.39. The second kappa shape index (κ2) is 5.72. The number of nitrogens with zero attached hydrogens (tertiary/aromatic N) is 1. The molecule has 1 unspecified atom stereocenters. The van der Waals surface area contributed by atoms with Crippen LogP contribution in [0.1, 0.15) is 13.3 Å². The van der Waals surface area contributed by atoms with E-state index in [0.717, 1.165) is 6.42 Å². The Morgan fingerprint density at radius 1 is 1.86 bits per heavy atom. The Hall–Kier alpha value is -0.940. The fourth-order valence-corrected chi connectivity index (χ4v) is 2.08. The predicted molar refractivity (Wildman–Crippen MR) is 62.5 cm³/mol. The van der Waals surface area contributed by atoms with Crippen molar-refractivity contribution >= 4 is 27.5 Å². The van der Waals surface area contributed by atoms with Gasteiger partial charge in [-0.1, -0.05) is 19.6 Å². The maximum atomic E-state index is 11.5. The molecule has 0 aromatic carbocycles. The highest BCUT2D eigenvalue weighted by atomic mass is 32.2. The van der Waals surface area contributed by atoms with Gasteiger partial charge < -0.3 is 0 Å². The van der Waals surface area contributed by atoms with Gasteiger partial charge in [-0.25, -0.2) is 9.19 Å². The van der Waals surface area contributed by atoms with E-state index in [9.17, 15) is 4.21 Å². The maximum Gasteiger partial charge on any atom is 0.194 e. The fourth-order valence-electron chi connectivity index (χ4n) is 0.730. The van der Waals surface area contributed by atoms with Gasteiger partial charge in [0.15, 0.2) is 16.1 Å². The van der Waals surface area contributed by atoms with Crippen LogP contribution in [0, 0.1) is 0 Å².